The highest BCUT2D eigenvalue weighted by molar-refractivity contribution is 5.98. The lowest BCUT2D eigenvalue weighted by Gasteiger charge is -2.36. The van der Waals surface area contributed by atoms with Crippen LogP contribution in [0.2, 0.25) is 0 Å². The van der Waals surface area contributed by atoms with Gasteiger partial charge >= 0.3 is 0 Å². The molecular weight excluding hydrogens is 458 g/mol. The van der Waals surface area contributed by atoms with Gasteiger partial charge in [-0.15, -0.1) is 0 Å². The van der Waals surface area contributed by atoms with E-state index in [2.05, 4.69) is 9.97 Å². The first-order valence-electron chi connectivity index (χ1n) is 10.1. The molecule has 0 bridgehead atoms. The Morgan fingerprint density at radius 1 is 1.00 bits per heavy atom. The summed E-state index contributed by atoms with van der Waals surface area (Å²) in [5.74, 6) is -5.02. The Balaban J connectivity index is 1.64. The highest BCUT2D eigenvalue weighted by atomic mass is 19.2. The highest BCUT2D eigenvalue weighted by Crippen LogP contribution is 2.39. The Morgan fingerprint density at radius 2 is 1.65 bits per heavy atom. The van der Waals surface area contributed by atoms with Crippen LogP contribution in [-0.2, 0) is 9.47 Å². The fraction of sp³-hybridized carbons (Fsp3) is 0.217. The Kier molecular flexibility index (Phi) is 5.18. The van der Waals surface area contributed by atoms with E-state index in [1.165, 1.54) is 25.1 Å². The number of amides is 1. The average Bonchev–Trinajstić information content (AvgIpc) is 3.21. The zero-order valence-corrected chi connectivity index (χ0v) is 17.8. The molecule has 5 rings (SSSR count). The number of ether oxygens (including phenoxy) is 2. The molecule has 2 atom stereocenters. The third kappa shape index (κ3) is 3.35. The van der Waals surface area contributed by atoms with Crippen molar-refractivity contribution < 1.29 is 31.8 Å². The van der Waals surface area contributed by atoms with Crippen molar-refractivity contribution in [3.8, 4) is 0 Å². The van der Waals surface area contributed by atoms with Gasteiger partial charge in [0.15, 0.2) is 29.6 Å². The number of carbonyl (C=O) groups is 1. The first kappa shape index (κ1) is 22.1. The smallest absolute Gasteiger partial charge is 0.270 e. The lowest BCUT2D eigenvalue weighted by atomic mass is 9.94. The van der Waals surface area contributed by atoms with Gasteiger partial charge in [-0.3, -0.25) is 9.59 Å². The molecule has 4 aromatic rings. The van der Waals surface area contributed by atoms with E-state index in [1.807, 2.05) is 0 Å². The number of rotatable bonds is 3. The molecule has 0 fully saturated rings. The predicted octanol–water partition coefficient (Wildman–Crippen LogP) is 4.05. The molecule has 3 heterocycles. The number of nitrogens with zero attached hydrogens (tertiary/aromatic N) is 1. The van der Waals surface area contributed by atoms with E-state index in [9.17, 15) is 27.2 Å². The van der Waals surface area contributed by atoms with Crippen molar-refractivity contribution >= 4 is 27.6 Å². The second kappa shape index (κ2) is 7.96. The highest BCUT2D eigenvalue weighted by Gasteiger charge is 2.36. The molecule has 2 N–H and O–H groups in total. The number of halogens is 4. The van der Waals surface area contributed by atoms with E-state index in [0.717, 1.165) is 24.3 Å². The standard InChI is InChI=1S/C23H17F4N3O4/c1-30(22(32)17-4-9-3-12(24)15(27)7-16(9)28-17)18-8-34-23(33-2)20-19(18)10-5-13(25)14(26)6-11(10)21(31)29-20/h3-7,18,23,28H,8H2,1-2H3,(H,29,31)/t18-,23+/m1/s1. The van der Waals surface area contributed by atoms with Gasteiger partial charge in [0.05, 0.1) is 23.7 Å². The molecule has 176 valence electrons. The van der Waals surface area contributed by atoms with E-state index in [0.29, 0.717) is 10.9 Å². The zero-order chi connectivity index (χ0) is 24.3. The van der Waals surface area contributed by atoms with E-state index in [1.54, 1.807) is 0 Å². The van der Waals surface area contributed by atoms with E-state index in [4.69, 9.17) is 9.47 Å². The summed E-state index contributed by atoms with van der Waals surface area (Å²) >= 11 is 0. The number of hydrogen-bond donors (Lipinski definition) is 2. The fourth-order valence-electron chi connectivity index (χ4n) is 4.31. The number of hydrogen-bond acceptors (Lipinski definition) is 4. The van der Waals surface area contributed by atoms with Crippen LogP contribution in [0.1, 0.15) is 34.1 Å². The molecule has 2 aromatic heterocycles. The van der Waals surface area contributed by atoms with Crippen LogP contribution in [0.15, 0.2) is 35.1 Å². The predicted molar refractivity (Wildman–Crippen MR) is 113 cm³/mol. The summed E-state index contributed by atoms with van der Waals surface area (Å²) in [5, 5.41) is 0.299. The summed E-state index contributed by atoms with van der Waals surface area (Å²) in [7, 11) is 2.80. The molecule has 0 spiro atoms. The summed E-state index contributed by atoms with van der Waals surface area (Å²) in [6.45, 7) is -0.0859. The maximum absolute atomic E-state index is 14.2. The lowest BCUT2D eigenvalue weighted by Crippen LogP contribution is -2.39. The molecule has 0 aliphatic carbocycles. The molecule has 0 saturated carbocycles. The van der Waals surface area contributed by atoms with Gasteiger partial charge < -0.3 is 24.3 Å². The van der Waals surface area contributed by atoms with Crippen LogP contribution in [0, 0.1) is 23.3 Å². The minimum Gasteiger partial charge on any atom is -0.350 e. The number of carbonyl (C=O) groups excluding carboxylic acids is 1. The van der Waals surface area contributed by atoms with Crippen LogP contribution in [0.25, 0.3) is 21.7 Å². The van der Waals surface area contributed by atoms with Crippen molar-refractivity contribution in [1.29, 1.82) is 0 Å². The van der Waals surface area contributed by atoms with Crippen molar-refractivity contribution in [3.05, 3.63) is 80.9 Å². The van der Waals surface area contributed by atoms with Crippen LogP contribution in [0.4, 0.5) is 17.6 Å². The van der Waals surface area contributed by atoms with Crippen LogP contribution < -0.4 is 5.56 Å². The molecule has 1 aliphatic heterocycles. The summed E-state index contributed by atoms with van der Waals surface area (Å²) in [6, 6.07) is 4.14. The van der Waals surface area contributed by atoms with E-state index >= 15 is 0 Å². The quantitative estimate of drug-likeness (QED) is 0.438. The Morgan fingerprint density at radius 3 is 2.35 bits per heavy atom. The number of aromatic nitrogens is 2. The summed E-state index contributed by atoms with van der Waals surface area (Å²) in [5.41, 5.74) is 0.0949. The Labute approximate surface area is 188 Å². The molecule has 2 aromatic carbocycles. The number of fused-ring (bicyclic) bond motifs is 4. The van der Waals surface area contributed by atoms with Crippen LogP contribution in [-0.4, -0.2) is 41.5 Å². The van der Waals surface area contributed by atoms with Crippen LogP contribution in [0.3, 0.4) is 0 Å². The van der Waals surface area contributed by atoms with Crippen molar-refractivity contribution in [1.82, 2.24) is 14.9 Å². The number of aromatic amines is 2. The van der Waals surface area contributed by atoms with Crippen molar-refractivity contribution in [2.75, 3.05) is 20.8 Å². The molecule has 34 heavy (non-hydrogen) atoms. The molecule has 1 aliphatic rings. The number of nitrogens with one attached hydrogen (secondary N) is 2. The zero-order valence-electron chi connectivity index (χ0n) is 17.8. The number of pyridine rings is 1. The van der Waals surface area contributed by atoms with Crippen molar-refractivity contribution in [2.24, 2.45) is 0 Å². The number of H-pyrrole nitrogens is 2. The monoisotopic (exact) mass is 475 g/mol. The van der Waals surface area contributed by atoms with Crippen LogP contribution >= 0.6 is 0 Å². The van der Waals surface area contributed by atoms with Gasteiger partial charge in [-0.25, -0.2) is 17.6 Å². The second-order valence-electron chi connectivity index (χ2n) is 7.96. The Hall–Kier alpha value is -3.70. The van der Waals surface area contributed by atoms with Gasteiger partial charge in [0.25, 0.3) is 11.5 Å². The van der Waals surface area contributed by atoms with Crippen molar-refractivity contribution in [2.45, 2.75) is 12.3 Å². The maximum atomic E-state index is 14.2. The molecular formula is C23H17F4N3O4. The summed E-state index contributed by atoms with van der Waals surface area (Å²) < 4.78 is 66.1. The topological polar surface area (TPSA) is 87.4 Å². The van der Waals surface area contributed by atoms with Crippen LogP contribution in [0.5, 0.6) is 0 Å². The van der Waals surface area contributed by atoms with E-state index < -0.39 is 47.1 Å². The van der Waals surface area contributed by atoms with Gasteiger partial charge in [-0.2, -0.15) is 0 Å². The molecule has 0 radical (unpaired) electrons. The molecule has 7 nitrogen and oxygen atoms in total. The normalized spacial score (nSPS) is 17.8. The Bertz CT molecular complexity index is 1490. The van der Waals surface area contributed by atoms with Gasteiger partial charge in [-0.1, -0.05) is 0 Å². The lowest BCUT2D eigenvalue weighted by molar-refractivity contribution is -0.150. The fourth-order valence-corrected chi connectivity index (χ4v) is 4.31. The summed E-state index contributed by atoms with van der Waals surface area (Å²) in [4.78, 5) is 32.5. The van der Waals surface area contributed by atoms with Gasteiger partial charge in [0.1, 0.15) is 5.69 Å². The third-order valence-electron chi connectivity index (χ3n) is 6.00. The van der Waals surface area contributed by atoms with Crippen molar-refractivity contribution in [3.63, 3.8) is 0 Å². The molecule has 0 unspecified atom stereocenters. The second-order valence-corrected chi connectivity index (χ2v) is 7.96. The SMILES string of the molecule is CO[C@H]1OC[C@@H](N(C)C(=O)c2cc3cc(F)c(F)cc3[nH]2)c2c1[nH]c(=O)c1cc(F)c(F)cc21. The first-order chi connectivity index (χ1) is 16.2. The number of likely N-dealkylation sites (N-methyl/N-ethyl adjacent to an activating group) is 1. The number of benzene rings is 2. The molecule has 0 saturated heterocycles. The molecule has 1 amide bonds. The van der Waals surface area contributed by atoms with Gasteiger partial charge in [0.2, 0.25) is 0 Å². The first-order valence-corrected chi connectivity index (χ1v) is 10.1. The molecule has 11 heteroatoms. The largest absolute Gasteiger partial charge is 0.350 e. The van der Waals surface area contributed by atoms with Gasteiger partial charge in [-0.05, 0) is 29.7 Å². The summed E-state index contributed by atoms with van der Waals surface area (Å²) in [6.07, 6.45) is -1.00. The minimum absolute atomic E-state index is 0.0453. The van der Waals surface area contributed by atoms with Gasteiger partial charge in [0, 0.05) is 36.7 Å². The minimum atomic E-state index is -1.19. The third-order valence-corrected chi connectivity index (χ3v) is 6.00. The number of methoxy groups -OCH3 is 1. The average molecular weight is 475 g/mol. The maximum Gasteiger partial charge on any atom is 0.270 e. The van der Waals surface area contributed by atoms with E-state index in [-0.39, 0.29) is 34.3 Å².